The van der Waals surface area contributed by atoms with Crippen molar-refractivity contribution in [1.82, 2.24) is 15.1 Å². The summed E-state index contributed by atoms with van der Waals surface area (Å²) in [6.45, 7) is 2.29. The number of nitrogens with two attached hydrogens (primary N) is 1. The molecule has 0 amide bonds. The summed E-state index contributed by atoms with van der Waals surface area (Å²) in [6, 6.07) is 5.76. The number of nitrogens with zero attached hydrogens (tertiary/aromatic N) is 2. The molecule has 1 aromatic carbocycles. The average molecular weight is 316 g/mol. The first-order chi connectivity index (χ1) is 11.2. The predicted molar refractivity (Wildman–Crippen MR) is 92.5 cm³/mol. The van der Waals surface area contributed by atoms with Crippen LogP contribution in [0.25, 0.3) is 12.2 Å². The van der Waals surface area contributed by atoms with E-state index < -0.39 is 0 Å². The number of benzene rings is 1. The Bertz CT molecular complexity index is 630. The third kappa shape index (κ3) is 4.84. The summed E-state index contributed by atoms with van der Waals surface area (Å²) in [6.07, 6.45) is 5.86. The number of aromatic nitrogens is 2. The van der Waals surface area contributed by atoms with Crippen LogP contribution in [-0.4, -0.2) is 49.5 Å². The molecule has 0 bridgehead atoms. The Morgan fingerprint density at radius 3 is 2.48 bits per heavy atom. The summed E-state index contributed by atoms with van der Waals surface area (Å²) in [7, 11) is 5.32. The quantitative estimate of drug-likeness (QED) is 0.779. The molecule has 1 heterocycles. The minimum absolute atomic E-state index is 0.642. The maximum Gasteiger partial charge on any atom is 0.123 e. The molecule has 0 aliphatic heterocycles. The first-order valence-corrected chi connectivity index (χ1v) is 7.48. The number of H-pyrrole nitrogens is 1. The third-order valence-corrected chi connectivity index (χ3v) is 3.52. The lowest BCUT2D eigenvalue weighted by Crippen LogP contribution is -2.25. The van der Waals surface area contributed by atoms with Crippen LogP contribution in [0.3, 0.4) is 0 Å². The Morgan fingerprint density at radius 2 is 1.87 bits per heavy atom. The van der Waals surface area contributed by atoms with E-state index in [1.807, 2.05) is 43.6 Å². The van der Waals surface area contributed by atoms with Gasteiger partial charge in [-0.1, -0.05) is 6.08 Å². The van der Waals surface area contributed by atoms with Crippen molar-refractivity contribution in [2.45, 2.75) is 6.54 Å². The second-order valence-corrected chi connectivity index (χ2v) is 5.31. The van der Waals surface area contributed by atoms with Gasteiger partial charge >= 0.3 is 0 Å². The summed E-state index contributed by atoms with van der Waals surface area (Å²) >= 11 is 0. The van der Waals surface area contributed by atoms with Gasteiger partial charge in [0.25, 0.3) is 0 Å². The molecular formula is C17H24N4O2. The lowest BCUT2D eigenvalue weighted by atomic mass is 10.1. The first-order valence-electron chi connectivity index (χ1n) is 7.48. The molecule has 0 radical (unpaired) electrons. The second kappa shape index (κ2) is 8.36. The summed E-state index contributed by atoms with van der Waals surface area (Å²) in [5.41, 5.74) is 8.69. The molecule has 2 aromatic rings. The van der Waals surface area contributed by atoms with Gasteiger partial charge in [-0.15, -0.1) is 0 Å². The van der Waals surface area contributed by atoms with Crippen molar-refractivity contribution in [3.63, 3.8) is 0 Å². The number of ether oxygens (including phenoxy) is 2. The van der Waals surface area contributed by atoms with Crippen LogP contribution in [0, 0.1) is 0 Å². The molecule has 23 heavy (non-hydrogen) atoms. The zero-order chi connectivity index (χ0) is 16.7. The predicted octanol–water partition coefficient (Wildman–Crippen LogP) is 1.99. The smallest absolute Gasteiger partial charge is 0.123 e. The molecule has 0 saturated carbocycles. The molecule has 0 atom stereocenters. The van der Waals surface area contributed by atoms with Crippen molar-refractivity contribution in [3.8, 4) is 11.5 Å². The highest BCUT2D eigenvalue weighted by molar-refractivity contribution is 5.70. The molecule has 2 rings (SSSR count). The molecule has 0 aliphatic carbocycles. The van der Waals surface area contributed by atoms with Crippen molar-refractivity contribution in [3.05, 3.63) is 41.2 Å². The highest BCUT2D eigenvalue weighted by Gasteiger charge is 2.06. The number of hydrogen-bond donors (Lipinski definition) is 2. The van der Waals surface area contributed by atoms with Gasteiger partial charge in [-0.25, -0.2) is 0 Å². The third-order valence-electron chi connectivity index (χ3n) is 3.52. The topological polar surface area (TPSA) is 76.4 Å². The lowest BCUT2D eigenvalue weighted by molar-refractivity contribution is 0.336. The van der Waals surface area contributed by atoms with E-state index in [1.165, 1.54) is 0 Å². The van der Waals surface area contributed by atoms with Crippen LogP contribution in [-0.2, 0) is 6.54 Å². The second-order valence-electron chi connectivity index (χ2n) is 5.31. The number of likely N-dealkylation sites (N-methyl/N-ethyl adjacent to an activating group) is 1. The fourth-order valence-electron chi connectivity index (χ4n) is 2.29. The number of hydrogen-bond acceptors (Lipinski definition) is 5. The minimum Gasteiger partial charge on any atom is -0.497 e. The van der Waals surface area contributed by atoms with E-state index in [4.69, 9.17) is 15.2 Å². The van der Waals surface area contributed by atoms with Gasteiger partial charge in [0.15, 0.2) is 0 Å². The summed E-state index contributed by atoms with van der Waals surface area (Å²) < 4.78 is 10.6. The van der Waals surface area contributed by atoms with Crippen LogP contribution in [0.1, 0.15) is 16.8 Å². The van der Waals surface area contributed by atoms with E-state index in [-0.39, 0.29) is 0 Å². The van der Waals surface area contributed by atoms with Crippen molar-refractivity contribution in [1.29, 1.82) is 0 Å². The highest BCUT2D eigenvalue weighted by atomic mass is 16.5. The van der Waals surface area contributed by atoms with Crippen LogP contribution < -0.4 is 15.2 Å². The highest BCUT2D eigenvalue weighted by Crippen LogP contribution is 2.24. The Hall–Kier alpha value is -2.31. The Morgan fingerprint density at radius 1 is 1.17 bits per heavy atom. The van der Waals surface area contributed by atoms with Crippen molar-refractivity contribution < 1.29 is 9.47 Å². The number of nitrogens with one attached hydrogen (secondary N) is 1. The van der Waals surface area contributed by atoms with E-state index in [2.05, 4.69) is 15.1 Å². The van der Waals surface area contributed by atoms with Gasteiger partial charge in [0, 0.05) is 31.3 Å². The van der Waals surface area contributed by atoms with E-state index in [9.17, 15) is 0 Å². The SMILES string of the molecule is COc1cc(/C=C/c2[nH]ncc2CN(C)CCN)cc(OC)c1. The molecular weight excluding hydrogens is 292 g/mol. The van der Waals surface area contributed by atoms with Gasteiger partial charge < -0.3 is 20.1 Å². The molecule has 0 spiro atoms. The molecule has 0 saturated heterocycles. The summed E-state index contributed by atoms with van der Waals surface area (Å²) in [5, 5.41) is 7.15. The van der Waals surface area contributed by atoms with Crippen LogP contribution in [0.5, 0.6) is 11.5 Å². The lowest BCUT2D eigenvalue weighted by Gasteiger charge is -2.14. The van der Waals surface area contributed by atoms with Crippen LogP contribution >= 0.6 is 0 Å². The molecule has 6 heteroatoms. The van der Waals surface area contributed by atoms with Crippen LogP contribution in [0.15, 0.2) is 24.4 Å². The van der Waals surface area contributed by atoms with Gasteiger partial charge in [0.05, 0.1) is 26.1 Å². The molecule has 124 valence electrons. The number of aromatic amines is 1. The molecule has 0 fully saturated rings. The molecule has 1 aromatic heterocycles. The average Bonchev–Trinajstić information content (AvgIpc) is 2.99. The van der Waals surface area contributed by atoms with E-state index in [0.717, 1.165) is 41.4 Å². The zero-order valence-corrected chi connectivity index (χ0v) is 13.9. The molecule has 0 aliphatic rings. The van der Waals surface area contributed by atoms with E-state index >= 15 is 0 Å². The van der Waals surface area contributed by atoms with Gasteiger partial charge in [-0.3, -0.25) is 5.10 Å². The number of methoxy groups -OCH3 is 2. The van der Waals surface area contributed by atoms with Crippen LogP contribution in [0.2, 0.25) is 0 Å². The zero-order valence-electron chi connectivity index (χ0n) is 13.9. The normalized spacial score (nSPS) is 11.3. The molecule has 3 N–H and O–H groups in total. The van der Waals surface area contributed by atoms with Gasteiger partial charge in [0.1, 0.15) is 11.5 Å². The largest absolute Gasteiger partial charge is 0.497 e. The van der Waals surface area contributed by atoms with Gasteiger partial charge in [0.2, 0.25) is 0 Å². The first kappa shape index (κ1) is 17.1. The number of rotatable bonds is 8. The van der Waals surface area contributed by atoms with E-state index in [1.54, 1.807) is 14.2 Å². The summed E-state index contributed by atoms with van der Waals surface area (Å²) in [4.78, 5) is 2.16. The Kier molecular flexibility index (Phi) is 6.19. The van der Waals surface area contributed by atoms with Crippen molar-refractivity contribution in [2.75, 3.05) is 34.4 Å². The maximum atomic E-state index is 5.58. The van der Waals surface area contributed by atoms with Crippen molar-refractivity contribution >= 4 is 12.2 Å². The Balaban J connectivity index is 2.16. The van der Waals surface area contributed by atoms with E-state index in [0.29, 0.717) is 6.54 Å². The standard InChI is InChI=1S/C17H24N4O2/c1-21(7-6-18)12-14-11-19-20-17(14)5-4-13-8-15(22-2)10-16(9-13)23-3/h4-5,8-11H,6-7,12,18H2,1-3H3,(H,19,20)/b5-4+. The monoisotopic (exact) mass is 316 g/mol. The van der Waals surface area contributed by atoms with Gasteiger partial charge in [-0.05, 0) is 30.8 Å². The summed E-state index contributed by atoms with van der Waals surface area (Å²) in [5.74, 6) is 1.52. The molecule has 0 unspecified atom stereocenters. The fourth-order valence-corrected chi connectivity index (χ4v) is 2.29. The fraction of sp³-hybridized carbons (Fsp3) is 0.353. The van der Waals surface area contributed by atoms with Crippen molar-refractivity contribution in [2.24, 2.45) is 5.73 Å². The Labute approximate surface area is 136 Å². The molecule has 6 nitrogen and oxygen atoms in total. The van der Waals surface area contributed by atoms with Crippen LogP contribution in [0.4, 0.5) is 0 Å². The minimum atomic E-state index is 0.642. The van der Waals surface area contributed by atoms with Gasteiger partial charge in [-0.2, -0.15) is 5.10 Å². The maximum absolute atomic E-state index is 5.58.